The molecule has 0 atom stereocenters. The van der Waals surface area contributed by atoms with Crippen molar-refractivity contribution in [3.8, 4) is 5.75 Å². The number of unbranched alkanes of at least 4 members (excludes halogenated alkanes) is 5. The molecular formula is C35H52FN3O5S. The summed E-state index contributed by atoms with van der Waals surface area (Å²) < 4.78 is 48.8. The monoisotopic (exact) mass is 645 g/mol. The quantitative estimate of drug-likeness (QED) is 0.175. The number of sulfonamides is 1. The number of rotatable bonds is 20. The summed E-state index contributed by atoms with van der Waals surface area (Å²) in [4.78, 5) is 29.4. The average molecular weight is 646 g/mol. The van der Waals surface area contributed by atoms with Crippen molar-refractivity contribution >= 4 is 21.6 Å². The number of halogens is 1. The van der Waals surface area contributed by atoms with Gasteiger partial charge in [-0.25, -0.2) is 12.8 Å². The number of carbonyl (C=O) groups is 2. The number of ether oxygens (including phenoxy) is 1. The van der Waals surface area contributed by atoms with Crippen molar-refractivity contribution in [2.45, 2.75) is 81.9 Å². The Balaban J connectivity index is 1.60. The molecule has 1 fully saturated rings. The second kappa shape index (κ2) is 19.1. The minimum absolute atomic E-state index is 0.0382. The zero-order chi connectivity index (χ0) is 32.7. The summed E-state index contributed by atoms with van der Waals surface area (Å²) in [5.74, 6) is -0.304. The number of hydrogen-bond acceptors (Lipinski definition) is 7. The number of hydrogen-bond donors (Lipinski definition) is 0. The fraction of sp³-hybridized carbons (Fsp3) is 0.600. The van der Waals surface area contributed by atoms with Gasteiger partial charge in [-0.3, -0.25) is 14.5 Å². The zero-order valence-electron chi connectivity index (χ0n) is 27.4. The Hall–Kier alpha value is -2.66. The summed E-state index contributed by atoms with van der Waals surface area (Å²) in [6.45, 7) is 2.59. The van der Waals surface area contributed by atoms with Crippen molar-refractivity contribution in [2.24, 2.45) is 0 Å². The van der Waals surface area contributed by atoms with Crippen LogP contribution in [0.4, 0.5) is 4.39 Å². The Morgan fingerprint density at radius 3 is 2.02 bits per heavy atom. The molecule has 0 saturated carbocycles. The van der Waals surface area contributed by atoms with Crippen LogP contribution in [-0.2, 0) is 32.5 Å². The highest BCUT2D eigenvalue weighted by atomic mass is 32.2. The van der Waals surface area contributed by atoms with E-state index in [0.29, 0.717) is 36.6 Å². The fourth-order valence-corrected chi connectivity index (χ4v) is 7.39. The molecule has 1 aliphatic rings. The Morgan fingerprint density at radius 2 is 1.40 bits per heavy atom. The predicted molar refractivity (Wildman–Crippen MR) is 177 cm³/mol. The molecule has 0 amide bonds. The fourth-order valence-electron chi connectivity index (χ4n) is 5.70. The van der Waals surface area contributed by atoms with Crippen LogP contribution in [0.15, 0.2) is 47.4 Å². The molecule has 0 spiro atoms. The highest BCUT2D eigenvalue weighted by Crippen LogP contribution is 2.30. The Kier molecular flexibility index (Phi) is 15.6. The molecule has 3 rings (SSSR count). The maximum Gasteiger partial charge on any atom is 0.246 e. The summed E-state index contributed by atoms with van der Waals surface area (Å²) in [6.07, 6.45) is 10.4. The third kappa shape index (κ3) is 13.3. The number of carbonyl (C=O) groups excluding carboxylic acids is 2. The van der Waals surface area contributed by atoms with E-state index in [0.717, 1.165) is 51.5 Å². The lowest BCUT2D eigenvalue weighted by atomic mass is 10.1. The van der Waals surface area contributed by atoms with E-state index in [9.17, 15) is 22.4 Å². The second-order valence-electron chi connectivity index (χ2n) is 12.6. The van der Waals surface area contributed by atoms with Crippen LogP contribution >= 0.6 is 0 Å². The summed E-state index contributed by atoms with van der Waals surface area (Å²) in [5.41, 5.74) is 1.19. The van der Waals surface area contributed by atoms with Gasteiger partial charge in [-0.15, -0.1) is 0 Å². The predicted octanol–water partition coefficient (Wildman–Crippen LogP) is 5.53. The number of Topliss-reactive ketones (excluding diaryl/α,β-unsaturated/α-hetero) is 2. The van der Waals surface area contributed by atoms with Gasteiger partial charge in [0.2, 0.25) is 10.0 Å². The number of likely N-dealkylation sites (N-methyl/N-ethyl adjacent to an activating group) is 1. The molecule has 1 aliphatic heterocycles. The van der Waals surface area contributed by atoms with Crippen LogP contribution in [0.5, 0.6) is 5.75 Å². The molecule has 0 N–H and O–H groups in total. The first kappa shape index (κ1) is 36.8. The smallest absolute Gasteiger partial charge is 0.246 e. The molecule has 2 aromatic rings. The maximum absolute atomic E-state index is 13.8. The first-order valence-electron chi connectivity index (χ1n) is 16.4. The molecule has 8 nitrogen and oxygen atoms in total. The van der Waals surface area contributed by atoms with Gasteiger partial charge in [-0.05, 0) is 88.8 Å². The SMILES string of the molecule is CN(C)CCCCCCCCOc1ccc(CC(=O)CN(C)CC(=O)Cc2cccc(F)c2)cc1S(=O)(=O)N1CCCCCC1. The van der Waals surface area contributed by atoms with E-state index in [4.69, 9.17) is 4.74 Å². The van der Waals surface area contributed by atoms with Crippen molar-refractivity contribution in [1.29, 1.82) is 0 Å². The van der Waals surface area contributed by atoms with Crippen molar-refractivity contribution in [3.05, 3.63) is 59.4 Å². The molecule has 1 heterocycles. The summed E-state index contributed by atoms with van der Waals surface area (Å²) >= 11 is 0. The van der Waals surface area contributed by atoms with E-state index in [1.54, 1.807) is 46.6 Å². The van der Waals surface area contributed by atoms with Gasteiger partial charge >= 0.3 is 0 Å². The first-order chi connectivity index (χ1) is 21.5. The summed E-state index contributed by atoms with van der Waals surface area (Å²) in [5, 5.41) is 0. The minimum atomic E-state index is -3.80. The number of ketones is 2. The summed E-state index contributed by atoms with van der Waals surface area (Å²) in [7, 11) is 2.07. The van der Waals surface area contributed by atoms with Crippen LogP contribution in [0.2, 0.25) is 0 Å². The lowest BCUT2D eigenvalue weighted by molar-refractivity contribution is -0.121. The van der Waals surface area contributed by atoms with Gasteiger partial charge in [-0.2, -0.15) is 4.31 Å². The van der Waals surface area contributed by atoms with E-state index in [2.05, 4.69) is 19.0 Å². The van der Waals surface area contributed by atoms with Gasteiger partial charge < -0.3 is 9.64 Å². The lowest BCUT2D eigenvalue weighted by Gasteiger charge is -2.22. The van der Waals surface area contributed by atoms with E-state index < -0.39 is 10.0 Å². The van der Waals surface area contributed by atoms with Crippen LogP contribution < -0.4 is 4.74 Å². The highest BCUT2D eigenvalue weighted by Gasteiger charge is 2.29. The standard InChI is InChI=1S/C35H52FN3O5S/c1-37(2)19-10-6-4-5-9-13-22-44-34-18-17-30(26-35(34)45(42,43)39-20-11-7-8-12-21-39)25-33(41)28-38(3)27-32(40)24-29-15-14-16-31(36)23-29/h14-18,23,26H,4-13,19-22,24-25,27-28H2,1-3H3. The van der Waals surface area contributed by atoms with Gasteiger partial charge in [0.15, 0.2) is 11.6 Å². The topological polar surface area (TPSA) is 87.2 Å². The highest BCUT2D eigenvalue weighted by molar-refractivity contribution is 7.89. The Bertz CT molecular complexity index is 1330. The van der Waals surface area contributed by atoms with Crippen LogP contribution in [0.3, 0.4) is 0 Å². The van der Waals surface area contributed by atoms with E-state index in [1.807, 2.05) is 0 Å². The van der Waals surface area contributed by atoms with Gasteiger partial charge in [0, 0.05) is 25.9 Å². The molecule has 1 saturated heterocycles. The Labute approximate surface area is 270 Å². The third-order valence-corrected chi connectivity index (χ3v) is 9.95. The van der Waals surface area contributed by atoms with Crippen molar-refractivity contribution in [3.63, 3.8) is 0 Å². The molecule has 0 radical (unpaired) electrons. The Morgan fingerprint density at radius 1 is 0.800 bits per heavy atom. The van der Waals surface area contributed by atoms with Crippen molar-refractivity contribution in [2.75, 3.05) is 60.5 Å². The maximum atomic E-state index is 13.8. The van der Waals surface area contributed by atoms with Crippen molar-refractivity contribution < 1.29 is 27.1 Å². The van der Waals surface area contributed by atoms with Crippen LogP contribution in [0.1, 0.15) is 75.3 Å². The molecule has 0 unspecified atom stereocenters. The largest absolute Gasteiger partial charge is 0.492 e. The molecule has 250 valence electrons. The van der Waals surface area contributed by atoms with Crippen molar-refractivity contribution in [1.82, 2.24) is 14.1 Å². The molecule has 0 aliphatic carbocycles. The van der Waals surface area contributed by atoms with Gasteiger partial charge in [0.1, 0.15) is 16.5 Å². The lowest BCUT2D eigenvalue weighted by Crippen LogP contribution is -2.33. The van der Waals surface area contributed by atoms with Gasteiger partial charge in [0.05, 0.1) is 19.7 Å². The normalized spacial score (nSPS) is 14.5. The van der Waals surface area contributed by atoms with Crippen LogP contribution in [0, 0.1) is 5.82 Å². The van der Waals surface area contributed by atoms with E-state index in [-0.39, 0.29) is 48.2 Å². The molecular weight excluding hydrogens is 593 g/mol. The average Bonchev–Trinajstić information content (AvgIpc) is 3.27. The molecule has 10 heteroatoms. The summed E-state index contributed by atoms with van der Waals surface area (Å²) in [6, 6.07) is 11.0. The zero-order valence-corrected chi connectivity index (χ0v) is 28.3. The molecule has 0 bridgehead atoms. The third-order valence-electron chi connectivity index (χ3n) is 8.03. The van der Waals surface area contributed by atoms with Crippen LogP contribution in [0.25, 0.3) is 0 Å². The van der Waals surface area contributed by atoms with Gasteiger partial charge in [0.25, 0.3) is 0 Å². The molecule has 2 aromatic carbocycles. The number of benzene rings is 2. The van der Waals surface area contributed by atoms with E-state index >= 15 is 0 Å². The van der Waals surface area contributed by atoms with Crippen LogP contribution in [-0.4, -0.2) is 94.6 Å². The molecule has 45 heavy (non-hydrogen) atoms. The van der Waals surface area contributed by atoms with Gasteiger partial charge in [-0.1, -0.05) is 56.7 Å². The second-order valence-corrected chi connectivity index (χ2v) is 14.5. The number of nitrogens with zero attached hydrogens (tertiary/aromatic N) is 3. The minimum Gasteiger partial charge on any atom is -0.492 e. The first-order valence-corrected chi connectivity index (χ1v) is 17.9. The van der Waals surface area contributed by atoms with E-state index in [1.165, 1.54) is 31.4 Å². The molecule has 0 aromatic heterocycles.